The number of allylic oxidation sites excluding steroid dienone is 2. The summed E-state index contributed by atoms with van der Waals surface area (Å²) in [6, 6.07) is 36.8. The molecule has 8 aromatic rings. The highest BCUT2D eigenvalue weighted by Gasteiger charge is 2.20. The zero-order valence-electron chi connectivity index (χ0n) is 22.9. The highest BCUT2D eigenvalue weighted by molar-refractivity contribution is 7.31. The Morgan fingerprint density at radius 3 is 2.19 bits per heavy atom. The molecule has 0 saturated carbocycles. The average Bonchev–Trinajstić information content (AvgIpc) is 3.68. The molecule has 0 bridgehead atoms. The Morgan fingerprint density at radius 2 is 1.45 bits per heavy atom. The number of hydrogen-bond acceptors (Lipinski definition) is 3. The lowest BCUT2D eigenvalue weighted by molar-refractivity contribution is 1.17. The SMILES string of the molecule is C=C/C=C\c1sc2c(ccc3c4cc(-c5cccc(C#N)c5-n5c6ccccc6c6ccccc65)ccc4sc32)c1C. The smallest absolute Gasteiger partial charge is 0.101 e. The van der Waals surface area contributed by atoms with Crippen LogP contribution in [-0.4, -0.2) is 4.57 Å². The van der Waals surface area contributed by atoms with Crippen LogP contribution in [0.2, 0.25) is 0 Å². The van der Waals surface area contributed by atoms with Crippen LogP contribution in [0.1, 0.15) is 16.0 Å². The number of rotatable bonds is 4. The Hall–Kier alpha value is -4.95. The van der Waals surface area contributed by atoms with Crippen molar-refractivity contribution in [2.24, 2.45) is 0 Å². The van der Waals surface area contributed by atoms with Gasteiger partial charge in [0.15, 0.2) is 0 Å². The zero-order chi connectivity index (χ0) is 28.4. The average molecular weight is 573 g/mol. The van der Waals surface area contributed by atoms with Crippen molar-refractivity contribution in [3.8, 4) is 22.9 Å². The molecule has 42 heavy (non-hydrogen) atoms. The molecule has 0 spiro atoms. The Labute approximate surface area is 251 Å². The molecule has 8 rings (SSSR count). The number of nitriles is 1. The van der Waals surface area contributed by atoms with Crippen molar-refractivity contribution in [2.75, 3.05) is 0 Å². The Bertz CT molecular complexity index is 2400. The monoisotopic (exact) mass is 572 g/mol. The van der Waals surface area contributed by atoms with E-state index in [2.05, 4.69) is 115 Å². The summed E-state index contributed by atoms with van der Waals surface area (Å²) in [4.78, 5) is 1.28. The van der Waals surface area contributed by atoms with Crippen molar-refractivity contribution in [3.05, 3.63) is 132 Å². The second kappa shape index (κ2) is 9.56. The molecule has 0 aliphatic rings. The van der Waals surface area contributed by atoms with Crippen LogP contribution >= 0.6 is 22.7 Å². The first-order valence-electron chi connectivity index (χ1n) is 13.9. The number of para-hydroxylation sites is 3. The molecular formula is C38H24N2S2. The van der Waals surface area contributed by atoms with E-state index in [1.54, 1.807) is 0 Å². The minimum atomic E-state index is 0.658. The van der Waals surface area contributed by atoms with Gasteiger partial charge in [0.1, 0.15) is 6.07 Å². The van der Waals surface area contributed by atoms with Gasteiger partial charge in [-0.1, -0.05) is 85.5 Å². The van der Waals surface area contributed by atoms with Gasteiger partial charge in [-0.15, -0.1) is 22.7 Å². The first-order valence-corrected chi connectivity index (χ1v) is 15.5. The summed E-state index contributed by atoms with van der Waals surface area (Å²) >= 11 is 3.72. The maximum Gasteiger partial charge on any atom is 0.101 e. The minimum Gasteiger partial charge on any atom is -0.307 e. The first kappa shape index (κ1) is 24.8. The van der Waals surface area contributed by atoms with Crippen LogP contribution in [0.4, 0.5) is 0 Å². The molecule has 3 aromatic heterocycles. The van der Waals surface area contributed by atoms with Crippen LogP contribution in [0.15, 0.2) is 116 Å². The standard InChI is InChI=1S/C38H24N2S2/c1-3-4-16-34-23(2)26-18-19-30-31-21-24(17-20-35(31)42-38(30)37(26)41-34)27-13-9-10-25(22-39)36(27)40-32-14-7-5-11-28(32)29-12-6-8-15-33(29)40/h3-21H,1H2,2H3/b16-4-. The molecule has 3 heterocycles. The molecule has 2 nitrogen and oxygen atoms in total. The van der Waals surface area contributed by atoms with E-state index in [1.165, 1.54) is 51.5 Å². The maximum atomic E-state index is 10.3. The van der Waals surface area contributed by atoms with Crippen molar-refractivity contribution < 1.29 is 0 Å². The van der Waals surface area contributed by atoms with Gasteiger partial charge in [0.2, 0.25) is 0 Å². The summed E-state index contributed by atoms with van der Waals surface area (Å²) < 4.78 is 6.21. The van der Waals surface area contributed by atoms with Crippen molar-refractivity contribution in [1.29, 1.82) is 5.26 Å². The van der Waals surface area contributed by atoms with E-state index in [9.17, 15) is 5.26 Å². The van der Waals surface area contributed by atoms with Gasteiger partial charge in [0.05, 0.1) is 31.7 Å². The second-order valence-corrected chi connectivity index (χ2v) is 12.6. The number of thiophene rings is 2. The van der Waals surface area contributed by atoms with E-state index in [0.29, 0.717) is 5.56 Å². The van der Waals surface area contributed by atoms with E-state index in [0.717, 1.165) is 27.8 Å². The lowest BCUT2D eigenvalue weighted by Gasteiger charge is -2.16. The molecule has 4 heteroatoms. The molecule has 0 saturated heterocycles. The fraction of sp³-hybridized carbons (Fsp3) is 0.0263. The van der Waals surface area contributed by atoms with Gasteiger partial charge in [-0.2, -0.15) is 5.26 Å². The van der Waals surface area contributed by atoms with Crippen molar-refractivity contribution in [1.82, 2.24) is 4.57 Å². The summed E-state index contributed by atoms with van der Waals surface area (Å²) in [5.41, 5.74) is 7.25. The quantitative estimate of drug-likeness (QED) is 0.193. The summed E-state index contributed by atoms with van der Waals surface area (Å²) in [6.45, 7) is 6.04. The van der Waals surface area contributed by atoms with Crippen LogP contribution in [-0.2, 0) is 0 Å². The highest BCUT2D eigenvalue weighted by Crippen LogP contribution is 2.45. The second-order valence-electron chi connectivity index (χ2n) is 10.5. The molecule has 0 radical (unpaired) electrons. The van der Waals surface area contributed by atoms with Crippen LogP contribution in [0.5, 0.6) is 0 Å². The number of benzene rings is 5. The third-order valence-corrected chi connectivity index (χ3v) is 10.9. The summed E-state index contributed by atoms with van der Waals surface area (Å²) in [5, 5.41) is 16.5. The van der Waals surface area contributed by atoms with Crippen molar-refractivity contribution >= 4 is 80.8 Å². The van der Waals surface area contributed by atoms with Gasteiger partial charge in [0.25, 0.3) is 0 Å². The van der Waals surface area contributed by atoms with E-state index in [1.807, 2.05) is 47.0 Å². The van der Waals surface area contributed by atoms with Gasteiger partial charge < -0.3 is 4.57 Å². The first-order chi connectivity index (χ1) is 20.7. The van der Waals surface area contributed by atoms with Crippen LogP contribution in [0.25, 0.3) is 75.0 Å². The molecule has 0 unspecified atom stereocenters. The summed E-state index contributed by atoms with van der Waals surface area (Å²) in [5.74, 6) is 0. The molecule has 198 valence electrons. The van der Waals surface area contributed by atoms with E-state index >= 15 is 0 Å². The number of fused-ring (bicyclic) bond motifs is 8. The fourth-order valence-electron chi connectivity index (χ4n) is 6.28. The summed E-state index contributed by atoms with van der Waals surface area (Å²) in [6.07, 6.45) is 5.99. The highest BCUT2D eigenvalue weighted by atomic mass is 32.1. The molecule has 0 atom stereocenters. The van der Waals surface area contributed by atoms with Gasteiger partial charge in [-0.3, -0.25) is 0 Å². The molecule has 0 fully saturated rings. The molecular weight excluding hydrogens is 549 g/mol. The lowest BCUT2D eigenvalue weighted by atomic mass is 9.98. The normalized spacial score (nSPS) is 11.9. The van der Waals surface area contributed by atoms with Crippen molar-refractivity contribution in [3.63, 3.8) is 0 Å². The summed E-state index contributed by atoms with van der Waals surface area (Å²) in [7, 11) is 0. The van der Waals surface area contributed by atoms with E-state index < -0.39 is 0 Å². The number of aromatic nitrogens is 1. The Kier molecular flexibility index (Phi) is 5.65. The van der Waals surface area contributed by atoms with Crippen molar-refractivity contribution in [2.45, 2.75) is 6.92 Å². The largest absolute Gasteiger partial charge is 0.307 e. The molecule has 0 amide bonds. The topological polar surface area (TPSA) is 28.7 Å². The van der Waals surface area contributed by atoms with Gasteiger partial charge in [0, 0.05) is 36.7 Å². The van der Waals surface area contributed by atoms with Crippen LogP contribution in [0, 0.1) is 18.3 Å². The Morgan fingerprint density at radius 1 is 0.738 bits per heavy atom. The number of hydrogen-bond donors (Lipinski definition) is 0. The molecule has 0 aliphatic heterocycles. The van der Waals surface area contributed by atoms with Crippen LogP contribution < -0.4 is 0 Å². The predicted molar refractivity (Wildman–Crippen MR) is 183 cm³/mol. The Balaban J connectivity index is 1.40. The zero-order valence-corrected chi connectivity index (χ0v) is 24.5. The van der Waals surface area contributed by atoms with Gasteiger partial charge in [-0.25, -0.2) is 0 Å². The van der Waals surface area contributed by atoms with Gasteiger partial charge >= 0.3 is 0 Å². The number of nitrogens with zero attached hydrogens (tertiary/aromatic N) is 2. The molecule has 5 aromatic carbocycles. The lowest BCUT2D eigenvalue weighted by Crippen LogP contribution is -2.00. The molecule has 0 N–H and O–H groups in total. The van der Waals surface area contributed by atoms with E-state index in [-0.39, 0.29) is 0 Å². The fourth-order valence-corrected chi connectivity index (χ4v) is 8.82. The van der Waals surface area contributed by atoms with E-state index in [4.69, 9.17) is 0 Å². The number of aryl methyl sites for hydroxylation is 1. The molecule has 0 aliphatic carbocycles. The third-order valence-electron chi connectivity index (χ3n) is 8.23. The predicted octanol–water partition coefficient (Wildman–Crippen LogP) is 11.4. The minimum absolute atomic E-state index is 0.658. The third kappa shape index (κ3) is 3.55. The van der Waals surface area contributed by atoms with Gasteiger partial charge in [-0.05, 0) is 59.8 Å². The maximum absolute atomic E-state index is 10.3. The van der Waals surface area contributed by atoms with Crippen LogP contribution in [0.3, 0.4) is 0 Å².